The molecule has 0 aliphatic carbocycles. The fraction of sp³-hybridized carbons (Fsp3) is 0.182. The van der Waals surface area contributed by atoms with E-state index in [1.165, 1.54) is 32.2 Å². The molecule has 156 valence electrons. The normalized spacial score (nSPS) is 11.8. The third-order valence-corrected chi connectivity index (χ3v) is 4.29. The van der Waals surface area contributed by atoms with E-state index in [2.05, 4.69) is 10.1 Å². The van der Waals surface area contributed by atoms with Crippen LogP contribution in [0, 0.1) is 0 Å². The number of nitrogens with one attached hydrogen (secondary N) is 1. The number of hydrogen-bond acceptors (Lipinski definition) is 5. The predicted octanol–water partition coefficient (Wildman–Crippen LogP) is 4.63. The molecule has 0 bridgehead atoms. The van der Waals surface area contributed by atoms with Crippen LogP contribution in [0.1, 0.15) is 17.3 Å². The maximum atomic E-state index is 12.4. The standard InChI is InChI=1S/C22H19F2NO5/c1-13(20(26)25-17-9-7-14-5-3-4-6-15(14)11-17)29-21(27)16-8-10-18(30-22(23)24)19(12-16)28-2/h3-13,22H,1-2H3,(H,25,26)/t13-/m0/s1. The van der Waals surface area contributed by atoms with Gasteiger partial charge in [0.05, 0.1) is 12.7 Å². The molecule has 0 aliphatic heterocycles. The number of esters is 1. The molecule has 0 fully saturated rings. The lowest BCUT2D eigenvalue weighted by molar-refractivity contribution is -0.123. The second kappa shape index (κ2) is 9.21. The highest BCUT2D eigenvalue weighted by atomic mass is 19.3. The van der Waals surface area contributed by atoms with Gasteiger partial charge in [0.2, 0.25) is 0 Å². The van der Waals surface area contributed by atoms with Gasteiger partial charge < -0.3 is 19.5 Å². The Morgan fingerprint density at radius 2 is 1.67 bits per heavy atom. The van der Waals surface area contributed by atoms with Gasteiger partial charge in [-0.15, -0.1) is 0 Å². The van der Waals surface area contributed by atoms with E-state index >= 15 is 0 Å². The van der Waals surface area contributed by atoms with Crippen molar-refractivity contribution in [3.05, 3.63) is 66.2 Å². The number of rotatable bonds is 7. The van der Waals surface area contributed by atoms with Crippen molar-refractivity contribution in [2.24, 2.45) is 0 Å². The van der Waals surface area contributed by atoms with Crippen LogP contribution in [0.3, 0.4) is 0 Å². The summed E-state index contributed by atoms with van der Waals surface area (Å²) in [5, 5.41) is 4.69. The van der Waals surface area contributed by atoms with E-state index in [-0.39, 0.29) is 17.1 Å². The lowest BCUT2D eigenvalue weighted by Crippen LogP contribution is -2.30. The summed E-state index contributed by atoms with van der Waals surface area (Å²) in [6, 6.07) is 16.7. The third kappa shape index (κ3) is 5.02. The topological polar surface area (TPSA) is 73.9 Å². The van der Waals surface area contributed by atoms with Crippen LogP contribution in [0.15, 0.2) is 60.7 Å². The van der Waals surface area contributed by atoms with Crippen molar-refractivity contribution in [1.29, 1.82) is 0 Å². The van der Waals surface area contributed by atoms with Crippen LogP contribution in [0.4, 0.5) is 14.5 Å². The SMILES string of the molecule is COc1cc(C(=O)O[C@@H](C)C(=O)Nc2ccc3ccccc3c2)ccc1OC(F)F. The van der Waals surface area contributed by atoms with Gasteiger partial charge in [-0.2, -0.15) is 8.78 Å². The molecule has 30 heavy (non-hydrogen) atoms. The van der Waals surface area contributed by atoms with Gasteiger partial charge in [-0.3, -0.25) is 4.79 Å². The average molecular weight is 415 g/mol. The number of methoxy groups -OCH3 is 1. The first kappa shape index (κ1) is 21.0. The van der Waals surface area contributed by atoms with Gasteiger partial charge in [-0.25, -0.2) is 4.79 Å². The summed E-state index contributed by atoms with van der Waals surface area (Å²) in [4.78, 5) is 24.7. The number of carbonyl (C=O) groups excluding carboxylic acids is 2. The monoisotopic (exact) mass is 415 g/mol. The maximum Gasteiger partial charge on any atom is 0.387 e. The molecule has 0 radical (unpaired) electrons. The first-order valence-electron chi connectivity index (χ1n) is 9.01. The third-order valence-electron chi connectivity index (χ3n) is 4.29. The van der Waals surface area contributed by atoms with Crippen molar-refractivity contribution < 1.29 is 32.6 Å². The number of amides is 1. The highest BCUT2D eigenvalue weighted by Gasteiger charge is 2.21. The molecule has 1 N–H and O–H groups in total. The van der Waals surface area contributed by atoms with Gasteiger partial charge in [0, 0.05) is 5.69 Å². The predicted molar refractivity (Wildman–Crippen MR) is 107 cm³/mol. The zero-order chi connectivity index (χ0) is 21.7. The summed E-state index contributed by atoms with van der Waals surface area (Å²) < 4.78 is 39.3. The van der Waals surface area contributed by atoms with Crippen LogP contribution in [-0.4, -0.2) is 31.7 Å². The molecule has 0 saturated heterocycles. The van der Waals surface area contributed by atoms with Gasteiger partial charge in [0.25, 0.3) is 5.91 Å². The minimum atomic E-state index is -3.03. The number of hydrogen-bond donors (Lipinski definition) is 1. The summed E-state index contributed by atoms with van der Waals surface area (Å²) in [5.74, 6) is -1.59. The van der Waals surface area contributed by atoms with Crippen molar-refractivity contribution >= 4 is 28.3 Å². The fourth-order valence-electron chi connectivity index (χ4n) is 2.78. The second-order valence-electron chi connectivity index (χ2n) is 6.34. The van der Waals surface area contributed by atoms with E-state index in [4.69, 9.17) is 9.47 Å². The number of benzene rings is 3. The highest BCUT2D eigenvalue weighted by molar-refractivity contribution is 5.99. The Hall–Kier alpha value is -3.68. The van der Waals surface area contributed by atoms with Crippen LogP contribution in [0.25, 0.3) is 10.8 Å². The molecule has 0 aliphatic rings. The molecule has 1 amide bonds. The Bertz CT molecular complexity index is 1070. The summed E-state index contributed by atoms with van der Waals surface area (Å²) in [6.45, 7) is -1.60. The van der Waals surface area contributed by atoms with Crippen molar-refractivity contribution in [3.8, 4) is 11.5 Å². The van der Waals surface area contributed by atoms with Gasteiger partial charge in [0.15, 0.2) is 17.6 Å². The zero-order valence-electron chi connectivity index (χ0n) is 16.2. The molecule has 8 heteroatoms. The summed E-state index contributed by atoms with van der Waals surface area (Å²) in [5.41, 5.74) is 0.593. The van der Waals surface area contributed by atoms with Gasteiger partial charge in [-0.05, 0) is 48.0 Å². The quantitative estimate of drug-likeness (QED) is 0.570. The molecular weight excluding hydrogens is 396 g/mol. The number of fused-ring (bicyclic) bond motifs is 1. The molecule has 0 heterocycles. The maximum absolute atomic E-state index is 12.4. The summed E-state index contributed by atoms with van der Waals surface area (Å²) >= 11 is 0. The smallest absolute Gasteiger partial charge is 0.387 e. The molecule has 0 unspecified atom stereocenters. The number of ether oxygens (including phenoxy) is 3. The first-order valence-corrected chi connectivity index (χ1v) is 9.01. The van der Waals surface area contributed by atoms with Crippen LogP contribution < -0.4 is 14.8 Å². The molecule has 1 atom stereocenters. The van der Waals surface area contributed by atoms with Crippen LogP contribution >= 0.6 is 0 Å². The van der Waals surface area contributed by atoms with Crippen LogP contribution in [0.2, 0.25) is 0 Å². The molecule has 0 saturated carbocycles. The Kier molecular flexibility index (Phi) is 6.46. The van der Waals surface area contributed by atoms with Crippen molar-refractivity contribution in [1.82, 2.24) is 0 Å². The molecule has 0 aromatic heterocycles. The molecule has 0 spiro atoms. The first-order chi connectivity index (χ1) is 14.4. The lowest BCUT2D eigenvalue weighted by atomic mass is 10.1. The highest BCUT2D eigenvalue weighted by Crippen LogP contribution is 2.30. The van der Waals surface area contributed by atoms with E-state index in [1.807, 2.05) is 36.4 Å². The molecule has 3 aromatic carbocycles. The van der Waals surface area contributed by atoms with Crippen LogP contribution in [0.5, 0.6) is 11.5 Å². The minimum absolute atomic E-state index is 0.0267. The Balaban J connectivity index is 1.66. The molecule has 3 aromatic rings. The minimum Gasteiger partial charge on any atom is -0.493 e. The number of anilines is 1. The van der Waals surface area contributed by atoms with Crippen molar-refractivity contribution in [2.75, 3.05) is 12.4 Å². The Morgan fingerprint density at radius 1 is 0.933 bits per heavy atom. The van der Waals surface area contributed by atoms with Crippen LogP contribution in [-0.2, 0) is 9.53 Å². The Labute approximate surface area is 171 Å². The Morgan fingerprint density at radius 3 is 2.37 bits per heavy atom. The molecular formula is C22H19F2NO5. The van der Waals surface area contributed by atoms with Gasteiger partial charge in [-0.1, -0.05) is 30.3 Å². The van der Waals surface area contributed by atoms with E-state index < -0.39 is 24.6 Å². The van der Waals surface area contributed by atoms with Crippen molar-refractivity contribution in [2.45, 2.75) is 19.6 Å². The van der Waals surface area contributed by atoms with Gasteiger partial charge in [0.1, 0.15) is 0 Å². The largest absolute Gasteiger partial charge is 0.493 e. The number of halogens is 2. The summed E-state index contributed by atoms with van der Waals surface area (Å²) in [6.07, 6.45) is -1.09. The summed E-state index contributed by atoms with van der Waals surface area (Å²) in [7, 11) is 1.25. The van der Waals surface area contributed by atoms with E-state index in [1.54, 1.807) is 6.07 Å². The second-order valence-corrected chi connectivity index (χ2v) is 6.34. The van der Waals surface area contributed by atoms with E-state index in [0.29, 0.717) is 5.69 Å². The molecule has 3 rings (SSSR count). The van der Waals surface area contributed by atoms with E-state index in [9.17, 15) is 18.4 Å². The number of alkyl halides is 2. The fourth-order valence-corrected chi connectivity index (χ4v) is 2.78. The number of carbonyl (C=O) groups is 2. The van der Waals surface area contributed by atoms with E-state index in [0.717, 1.165) is 10.8 Å². The average Bonchev–Trinajstić information content (AvgIpc) is 2.73. The zero-order valence-corrected chi connectivity index (χ0v) is 16.2. The lowest BCUT2D eigenvalue weighted by Gasteiger charge is -2.15. The molecule has 6 nitrogen and oxygen atoms in total. The van der Waals surface area contributed by atoms with Crippen molar-refractivity contribution in [3.63, 3.8) is 0 Å². The van der Waals surface area contributed by atoms with Gasteiger partial charge >= 0.3 is 12.6 Å².